The minimum Gasteiger partial charge on any atom is -0.271 e. The Kier molecular flexibility index (Phi) is 2.60. The summed E-state index contributed by atoms with van der Waals surface area (Å²) in [4.78, 5) is 9.41. The van der Waals surface area contributed by atoms with E-state index in [1.165, 1.54) is 15.5 Å². The van der Waals surface area contributed by atoms with E-state index in [9.17, 15) is 0 Å². The van der Waals surface area contributed by atoms with Gasteiger partial charge in [0.2, 0.25) is 0 Å². The number of hydrogen-bond acceptors (Lipinski definition) is 4. The van der Waals surface area contributed by atoms with E-state index in [1.54, 1.807) is 11.3 Å². The Balaban J connectivity index is 1.96. The van der Waals surface area contributed by atoms with Gasteiger partial charge in [-0.2, -0.15) is 0 Å². The molecule has 1 aromatic heterocycles. The van der Waals surface area contributed by atoms with Crippen molar-refractivity contribution in [2.75, 3.05) is 5.75 Å². The van der Waals surface area contributed by atoms with Crippen LogP contribution in [0.15, 0.2) is 41.4 Å². The van der Waals surface area contributed by atoms with Crippen molar-refractivity contribution < 1.29 is 0 Å². The van der Waals surface area contributed by atoms with Gasteiger partial charge in [0, 0.05) is 11.1 Å². The molecule has 1 aliphatic heterocycles. The van der Waals surface area contributed by atoms with Crippen LogP contribution in [0.3, 0.4) is 0 Å². The number of thioether (sulfide) groups is 1. The van der Waals surface area contributed by atoms with Gasteiger partial charge in [-0.25, -0.2) is 4.98 Å². The summed E-state index contributed by atoms with van der Waals surface area (Å²) in [7, 11) is 0. The van der Waals surface area contributed by atoms with Crippen LogP contribution in [-0.2, 0) is 0 Å². The van der Waals surface area contributed by atoms with Crippen molar-refractivity contribution in [3.8, 4) is 0 Å². The molecule has 4 heteroatoms. The summed E-state index contributed by atoms with van der Waals surface area (Å²) in [6, 6.07) is 13.2. The van der Waals surface area contributed by atoms with E-state index >= 15 is 0 Å². The highest BCUT2D eigenvalue weighted by Gasteiger charge is 2.19. The second-order valence-electron chi connectivity index (χ2n) is 4.75. The number of aromatic nitrogens is 1. The molecule has 1 atom stereocenters. The smallest absolute Gasteiger partial charge is 0.149 e. The quantitative estimate of drug-likeness (QED) is 0.664. The van der Waals surface area contributed by atoms with Gasteiger partial charge < -0.3 is 0 Å². The number of thiazole rings is 1. The van der Waals surface area contributed by atoms with E-state index in [0.717, 1.165) is 21.3 Å². The highest BCUT2D eigenvalue weighted by molar-refractivity contribution is 8.15. The normalized spacial score (nSPS) is 19.2. The van der Waals surface area contributed by atoms with Crippen molar-refractivity contribution in [2.24, 2.45) is 4.99 Å². The third-order valence-electron chi connectivity index (χ3n) is 3.26. The topological polar surface area (TPSA) is 25.2 Å². The Hall–Kier alpha value is -1.39. The van der Waals surface area contributed by atoms with Gasteiger partial charge in [-0.05, 0) is 18.4 Å². The van der Waals surface area contributed by atoms with Crippen molar-refractivity contribution in [1.29, 1.82) is 0 Å². The number of benzene rings is 2. The Morgan fingerprint density at radius 2 is 2.05 bits per heavy atom. The van der Waals surface area contributed by atoms with Crippen molar-refractivity contribution in [3.63, 3.8) is 0 Å². The molecule has 0 saturated carbocycles. The van der Waals surface area contributed by atoms with Gasteiger partial charge in [0.1, 0.15) is 10.1 Å². The van der Waals surface area contributed by atoms with Crippen molar-refractivity contribution >= 4 is 49.1 Å². The predicted molar refractivity (Wildman–Crippen MR) is 85.6 cm³/mol. The van der Waals surface area contributed by atoms with Gasteiger partial charge in [-0.15, -0.1) is 23.1 Å². The SMILES string of the molecule is CC1CSC(c2nc3ccc4ccccc4c3s2)=N1. The fraction of sp³-hybridized carbons (Fsp3) is 0.200. The molecule has 0 radical (unpaired) electrons. The fourth-order valence-corrected chi connectivity index (χ4v) is 4.53. The van der Waals surface area contributed by atoms with Crippen LogP contribution in [0.25, 0.3) is 21.0 Å². The number of aliphatic imine (C=N–C) groups is 1. The summed E-state index contributed by atoms with van der Waals surface area (Å²) in [5.41, 5.74) is 1.08. The Morgan fingerprint density at radius 3 is 2.89 bits per heavy atom. The zero-order valence-electron chi connectivity index (χ0n) is 10.5. The molecule has 0 aliphatic carbocycles. The Labute approximate surface area is 119 Å². The molecule has 0 saturated heterocycles. The van der Waals surface area contributed by atoms with Crippen LogP contribution < -0.4 is 0 Å². The third-order valence-corrected chi connectivity index (χ3v) is 5.72. The molecule has 2 heterocycles. The summed E-state index contributed by atoms with van der Waals surface area (Å²) in [5, 5.41) is 4.75. The summed E-state index contributed by atoms with van der Waals surface area (Å²) in [6.07, 6.45) is 0. The lowest BCUT2D eigenvalue weighted by Gasteiger charge is -1.96. The average molecular weight is 284 g/mol. The van der Waals surface area contributed by atoms with E-state index in [2.05, 4.69) is 48.3 Å². The van der Waals surface area contributed by atoms with Crippen molar-refractivity contribution in [3.05, 3.63) is 41.4 Å². The highest BCUT2D eigenvalue weighted by atomic mass is 32.2. The fourth-order valence-electron chi connectivity index (χ4n) is 2.34. The van der Waals surface area contributed by atoms with Crippen LogP contribution in [-0.4, -0.2) is 21.8 Å². The number of nitrogens with zero attached hydrogens (tertiary/aromatic N) is 2. The van der Waals surface area contributed by atoms with Gasteiger partial charge >= 0.3 is 0 Å². The van der Waals surface area contributed by atoms with Crippen LogP contribution in [0.4, 0.5) is 0 Å². The molecular formula is C15H12N2S2. The zero-order chi connectivity index (χ0) is 12.8. The summed E-state index contributed by atoms with van der Waals surface area (Å²) < 4.78 is 1.27. The minimum absolute atomic E-state index is 0.420. The first-order valence-corrected chi connectivity index (χ1v) is 8.11. The predicted octanol–water partition coefficient (Wildman–Crippen LogP) is 4.33. The van der Waals surface area contributed by atoms with Crippen LogP contribution >= 0.6 is 23.1 Å². The maximum absolute atomic E-state index is 4.75. The van der Waals surface area contributed by atoms with Crippen LogP contribution in [0.5, 0.6) is 0 Å². The first kappa shape index (κ1) is 11.4. The molecule has 2 aromatic carbocycles. The molecular weight excluding hydrogens is 272 g/mol. The molecule has 0 spiro atoms. The average Bonchev–Trinajstić information content (AvgIpc) is 3.04. The summed E-state index contributed by atoms with van der Waals surface area (Å²) >= 11 is 3.59. The summed E-state index contributed by atoms with van der Waals surface area (Å²) in [6.45, 7) is 2.16. The standard InChI is InChI=1S/C15H12N2S2/c1-9-8-18-14(16-9)15-17-12-7-6-10-4-2-3-5-11(10)13(12)19-15/h2-7,9H,8H2,1H3. The molecule has 0 bridgehead atoms. The maximum Gasteiger partial charge on any atom is 0.149 e. The molecule has 19 heavy (non-hydrogen) atoms. The second-order valence-corrected chi connectivity index (χ2v) is 6.76. The zero-order valence-corrected chi connectivity index (χ0v) is 12.1. The van der Waals surface area contributed by atoms with Crippen LogP contribution in [0, 0.1) is 0 Å². The number of rotatable bonds is 1. The molecule has 4 rings (SSSR count). The lowest BCUT2D eigenvalue weighted by molar-refractivity contribution is 0.865. The van der Waals surface area contributed by atoms with E-state index in [1.807, 2.05) is 11.8 Å². The first-order valence-electron chi connectivity index (χ1n) is 6.30. The maximum atomic E-state index is 4.75. The molecule has 94 valence electrons. The van der Waals surface area contributed by atoms with E-state index in [4.69, 9.17) is 4.98 Å². The molecule has 3 aromatic rings. The van der Waals surface area contributed by atoms with Crippen LogP contribution in [0.2, 0.25) is 0 Å². The van der Waals surface area contributed by atoms with E-state index in [-0.39, 0.29) is 0 Å². The lowest BCUT2D eigenvalue weighted by atomic mass is 10.1. The van der Waals surface area contributed by atoms with Gasteiger partial charge in [-0.1, -0.05) is 30.3 Å². The first-order chi connectivity index (χ1) is 9.31. The Morgan fingerprint density at radius 1 is 1.16 bits per heavy atom. The molecule has 0 amide bonds. The van der Waals surface area contributed by atoms with Crippen molar-refractivity contribution in [2.45, 2.75) is 13.0 Å². The molecule has 0 fully saturated rings. The van der Waals surface area contributed by atoms with Gasteiger partial charge in [0.15, 0.2) is 0 Å². The van der Waals surface area contributed by atoms with E-state index in [0.29, 0.717) is 6.04 Å². The van der Waals surface area contributed by atoms with Gasteiger partial charge in [0.25, 0.3) is 0 Å². The van der Waals surface area contributed by atoms with Crippen molar-refractivity contribution in [1.82, 2.24) is 4.98 Å². The minimum atomic E-state index is 0.420. The summed E-state index contributed by atoms with van der Waals surface area (Å²) in [5.74, 6) is 1.08. The molecule has 1 unspecified atom stereocenters. The molecule has 2 nitrogen and oxygen atoms in total. The highest BCUT2D eigenvalue weighted by Crippen LogP contribution is 2.33. The monoisotopic (exact) mass is 284 g/mol. The van der Waals surface area contributed by atoms with Crippen LogP contribution in [0.1, 0.15) is 11.9 Å². The molecule has 0 N–H and O–H groups in total. The largest absolute Gasteiger partial charge is 0.271 e. The molecule has 1 aliphatic rings. The lowest BCUT2D eigenvalue weighted by Crippen LogP contribution is -1.93. The number of hydrogen-bond donors (Lipinski definition) is 0. The van der Waals surface area contributed by atoms with Gasteiger partial charge in [0.05, 0.1) is 16.3 Å². The third kappa shape index (κ3) is 1.86. The Bertz CT molecular complexity index is 804. The van der Waals surface area contributed by atoms with E-state index < -0.39 is 0 Å². The van der Waals surface area contributed by atoms with Gasteiger partial charge in [-0.3, -0.25) is 4.99 Å². The number of fused-ring (bicyclic) bond motifs is 3. The second kappa shape index (κ2) is 4.32.